The predicted octanol–water partition coefficient (Wildman–Crippen LogP) is 9.88. The molecule has 0 heterocycles. The predicted molar refractivity (Wildman–Crippen MR) is 127 cm³/mol. The van der Waals surface area contributed by atoms with Crippen molar-refractivity contribution in [2.45, 2.75) is 140 Å². The number of carboxylic acid groups (broad SMARTS) is 1. The lowest BCUT2D eigenvalue weighted by atomic mass is 10.0. The highest BCUT2D eigenvalue weighted by Gasteiger charge is 1.97. The lowest BCUT2D eigenvalue weighted by Gasteiger charge is -2.03. The number of unbranched alkanes of at least 4 members (excludes halogenated alkanes) is 18. The topological polar surface area (TPSA) is 37.3 Å². The van der Waals surface area contributed by atoms with Crippen LogP contribution in [0.5, 0.6) is 0 Å². The van der Waals surface area contributed by atoms with E-state index in [0.29, 0.717) is 6.42 Å². The highest BCUT2D eigenvalue weighted by atomic mass is 35.6. The number of halogens is 3. The van der Waals surface area contributed by atoms with Crippen molar-refractivity contribution in [1.82, 2.24) is 0 Å². The van der Waals surface area contributed by atoms with Gasteiger partial charge in [0, 0.05) is 6.42 Å². The fraction of sp³-hybridized carbons (Fsp3) is 0.957. The average Bonchev–Trinajstić information content (AvgIpc) is 2.63. The van der Waals surface area contributed by atoms with Crippen LogP contribution in [0.4, 0.5) is 0 Å². The van der Waals surface area contributed by atoms with Gasteiger partial charge in [-0.15, -0.1) is 0 Å². The van der Waals surface area contributed by atoms with Gasteiger partial charge in [-0.25, -0.2) is 0 Å². The Morgan fingerprint density at radius 2 is 0.786 bits per heavy atom. The van der Waals surface area contributed by atoms with Crippen molar-refractivity contribution in [3.8, 4) is 0 Å². The summed E-state index contributed by atoms with van der Waals surface area (Å²) < 4.78 is -0.750. The van der Waals surface area contributed by atoms with E-state index in [9.17, 15) is 4.79 Å². The summed E-state index contributed by atoms with van der Waals surface area (Å²) in [5.41, 5.74) is 0. The Labute approximate surface area is 190 Å². The van der Waals surface area contributed by atoms with Gasteiger partial charge in [-0.05, 0) is 6.42 Å². The lowest BCUT2D eigenvalue weighted by Crippen LogP contribution is -1.93. The molecule has 0 spiro atoms. The molecule has 1 N–H and O–H groups in total. The van der Waals surface area contributed by atoms with Gasteiger partial charge in [0.1, 0.15) is 0 Å². The largest absolute Gasteiger partial charge is 0.481 e. The van der Waals surface area contributed by atoms with E-state index in [-0.39, 0.29) is 0 Å². The van der Waals surface area contributed by atoms with Crippen molar-refractivity contribution in [2.75, 3.05) is 0 Å². The van der Waals surface area contributed by atoms with E-state index in [2.05, 4.69) is 6.92 Å². The molecule has 170 valence electrons. The van der Waals surface area contributed by atoms with Crippen LogP contribution in [0.1, 0.15) is 135 Å². The van der Waals surface area contributed by atoms with E-state index in [0.717, 1.165) is 12.8 Å². The van der Waals surface area contributed by atoms with Crippen molar-refractivity contribution in [3.05, 3.63) is 0 Å². The van der Waals surface area contributed by atoms with Gasteiger partial charge in [0.25, 0.3) is 0 Å². The van der Waals surface area contributed by atoms with Crippen molar-refractivity contribution in [1.29, 1.82) is 0 Å². The molecular formula is C23H45Cl3O2. The van der Waals surface area contributed by atoms with Gasteiger partial charge >= 0.3 is 5.97 Å². The van der Waals surface area contributed by atoms with Crippen LogP contribution in [-0.4, -0.2) is 15.4 Å². The van der Waals surface area contributed by atoms with E-state index in [1.807, 2.05) is 0 Å². The third-order valence-electron chi connectivity index (χ3n) is 4.99. The number of carbonyl (C=O) groups is 1. The molecule has 0 rings (SSSR count). The second-order valence-corrected chi connectivity index (χ2v) is 9.73. The lowest BCUT2D eigenvalue weighted by molar-refractivity contribution is -0.137. The molecule has 0 amide bonds. The summed E-state index contributed by atoms with van der Waals surface area (Å²) in [5, 5.41) is 8.56. The summed E-state index contributed by atoms with van der Waals surface area (Å²) in [6.45, 7) is 2.28. The molecule has 0 aliphatic rings. The van der Waals surface area contributed by atoms with Gasteiger partial charge in [0.05, 0.1) is 0 Å². The molecule has 0 aliphatic heterocycles. The molecule has 2 nitrogen and oxygen atoms in total. The van der Waals surface area contributed by atoms with E-state index in [1.165, 1.54) is 109 Å². The molecule has 28 heavy (non-hydrogen) atoms. The number of aliphatic carboxylic acids is 1. The Kier molecular flexibility index (Phi) is 29.8. The van der Waals surface area contributed by atoms with Crippen LogP contribution in [0.15, 0.2) is 0 Å². The SMILES string of the molecule is CCCCCCCCCCCCCCCCCCCCCC(=O)O.ClC(Cl)Cl. The first-order valence-electron chi connectivity index (χ1n) is 11.6. The molecule has 0 atom stereocenters. The fourth-order valence-electron chi connectivity index (χ4n) is 3.35. The van der Waals surface area contributed by atoms with Gasteiger partial charge in [-0.1, -0.05) is 157 Å². The fourth-order valence-corrected chi connectivity index (χ4v) is 3.35. The Hall–Kier alpha value is 0.340. The van der Waals surface area contributed by atoms with Gasteiger partial charge in [0.2, 0.25) is 0 Å². The Morgan fingerprint density at radius 3 is 1.00 bits per heavy atom. The molecule has 0 aromatic carbocycles. The molecule has 5 heteroatoms. The van der Waals surface area contributed by atoms with Crippen LogP contribution in [0.2, 0.25) is 0 Å². The van der Waals surface area contributed by atoms with Gasteiger partial charge in [-0.2, -0.15) is 0 Å². The maximum atomic E-state index is 10.4. The molecule has 0 aliphatic carbocycles. The highest BCUT2D eigenvalue weighted by molar-refractivity contribution is 6.63. The quantitative estimate of drug-likeness (QED) is 0.145. The minimum Gasteiger partial charge on any atom is -0.481 e. The zero-order chi connectivity index (χ0) is 21.3. The van der Waals surface area contributed by atoms with Crippen molar-refractivity contribution in [2.24, 2.45) is 0 Å². The molecule has 0 aromatic rings. The summed E-state index contributed by atoms with van der Waals surface area (Å²) in [5.74, 6) is -0.651. The first-order chi connectivity index (χ1) is 13.5. The number of hydrogen-bond acceptors (Lipinski definition) is 1. The first kappa shape index (κ1) is 30.5. The maximum absolute atomic E-state index is 10.4. The molecular weight excluding hydrogens is 415 g/mol. The van der Waals surface area contributed by atoms with Gasteiger partial charge in [-0.3, -0.25) is 4.79 Å². The smallest absolute Gasteiger partial charge is 0.303 e. The van der Waals surface area contributed by atoms with Gasteiger partial charge in [0.15, 0.2) is 4.30 Å². The average molecular weight is 460 g/mol. The van der Waals surface area contributed by atoms with Crippen molar-refractivity contribution >= 4 is 40.8 Å². The normalized spacial score (nSPS) is 10.8. The second-order valence-electron chi connectivity index (χ2n) is 7.76. The third-order valence-corrected chi connectivity index (χ3v) is 4.99. The van der Waals surface area contributed by atoms with E-state index >= 15 is 0 Å². The minimum absolute atomic E-state index is 0.346. The second kappa shape index (κ2) is 27.3. The Morgan fingerprint density at radius 1 is 0.571 bits per heavy atom. The first-order valence-corrected chi connectivity index (χ1v) is 13.0. The molecule has 0 unspecified atom stereocenters. The van der Waals surface area contributed by atoms with Gasteiger partial charge < -0.3 is 5.11 Å². The number of alkyl halides is 3. The van der Waals surface area contributed by atoms with Crippen molar-refractivity contribution < 1.29 is 9.90 Å². The summed E-state index contributed by atoms with van der Waals surface area (Å²) in [4.78, 5) is 10.4. The molecule has 0 radical (unpaired) electrons. The van der Waals surface area contributed by atoms with Crippen molar-refractivity contribution in [3.63, 3.8) is 0 Å². The maximum Gasteiger partial charge on any atom is 0.303 e. The minimum atomic E-state index is -0.750. The van der Waals surface area contributed by atoms with E-state index in [4.69, 9.17) is 39.9 Å². The summed E-state index contributed by atoms with van der Waals surface area (Å²) >= 11 is 14.4. The number of carboxylic acids is 1. The van der Waals surface area contributed by atoms with Crippen LogP contribution in [0.25, 0.3) is 0 Å². The summed E-state index contributed by atoms with van der Waals surface area (Å²) in [6, 6.07) is 0. The van der Waals surface area contributed by atoms with Crippen LogP contribution >= 0.6 is 34.8 Å². The highest BCUT2D eigenvalue weighted by Crippen LogP contribution is 2.14. The monoisotopic (exact) mass is 458 g/mol. The molecule has 0 saturated heterocycles. The number of hydrogen-bond donors (Lipinski definition) is 1. The standard InChI is InChI=1S/C22H44O2.CHCl3/c1-2-3-4-5-6-7-8-9-10-11-12-13-14-15-16-17-18-19-20-21-22(23)24;2-1(3)4/h2-21H2,1H3,(H,23,24);1H. The van der Waals surface area contributed by atoms with Crippen LogP contribution in [-0.2, 0) is 4.79 Å². The Balaban J connectivity index is 0. The zero-order valence-corrected chi connectivity index (χ0v) is 20.5. The van der Waals surface area contributed by atoms with E-state index in [1.54, 1.807) is 0 Å². The van der Waals surface area contributed by atoms with Crippen LogP contribution in [0.3, 0.4) is 0 Å². The Bertz CT molecular complexity index is 297. The van der Waals surface area contributed by atoms with Crippen LogP contribution < -0.4 is 0 Å². The molecule has 0 bridgehead atoms. The number of rotatable bonds is 20. The molecule has 0 saturated carbocycles. The van der Waals surface area contributed by atoms with E-state index < -0.39 is 10.3 Å². The van der Waals surface area contributed by atoms with Crippen LogP contribution in [0, 0.1) is 0 Å². The summed E-state index contributed by atoms with van der Waals surface area (Å²) in [7, 11) is 0. The molecule has 0 fully saturated rings. The molecule has 0 aromatic heterocycles. The third kappa shape index (κ3) is 37.1. The summed E-state index contributed by atoms with van der Waals surface area (Å²) in [6.07, 6.45) is 26.1. The zero-order valence-electron chi connectivity index (χ0n) is 18.2.